The minimum absolute atomic E-state index is 0.0101. The van der Waals surface area contributed by atoms with Crippen LogP contribution in [-0.4, -0.2) is 54.2 Å². The second kappa shape index (κ2) is 10.3. The van der Waals surface area contributed by atoms with Crippen molar-refractivity contribution in [1.29, 1.82) is 0 Å². The Labute approximate surface area is 188 Å². The van der Waals surface area contributed by atoms with Gasteiger partial charge in [-0.2, -0.15) is 0 Å². The third-order valence-corrected chi connectivity index (χ3v) is 5.81. The average molecular weight is 439 g/mol. The van der Waals surface area contributed by atoms with Crippen molar-refractivity contribution in [3.8, 4) is 11.1 Å². The number of aliphatic carboxylic acids is 1. The quantitative estimate of drug-likeness (QED) is 0.620. The van der Waals surface area contributed by atoms with Gasteiger partial charge in [0.25, 0.3) is 0 Å². The number of carbonyl (C=O) groups is 3. The predicted molar refractivity (Wildman–Crippen MR) is 121 cm³/mol. The van der Waals surface area contributed by atoms with Crippen LogP contribution in [0.2, 0.25) is 0 Å². The molecule has 2 amide bonds. The molecule has 3 rings (SSSR count). The zero-order valence-electron chi connectivity index (χ0n) is 18.7. The molecule has 0 radical (unpaired) electrons. The fourth-order valence-corrected chi connectivity index (χ4v) is 4.10. The number of hydrogen-bond acceptors (Lipinski definition) is 4. The molecule has 0 aliphatic heterocycles. The molecule has 0 saturated heterocycles. The molecule has 0 spiro atoms. The third kappa shape index (κ3) is 5.28. The van der Waals surface area contributed by atoms with E-state index in [0.717, 1.165) is 22.3 Å². The van der Waals surface area contributed by atoms with Crippen LogP contribution >= 0.6 is 0 Å². The van der Waals surface area contributed by atoms with Crippen molar-refractivity contribution in [3.63, 3.8) is 0 Å². The summed E-state index contributed by atoms with van der Waals surface area (Å²) in [7, 11) is 1.61. The summed E-state index contributed by atoms with van der Waals surface area (Å²) in [6.07, 6.45) is -0.297. The monoisotopic (exact) mass is 438 g/mol. The number of carbonyl (C=O) groups excluding carboxylic acids is 2. The number of rotatable bonds is 9. The van der Waals surface area contributed by atoms with Gasteiger partial charge in [0.15, 0.2) is 0 Å². The van der Waals surface area contributed by atoms with E-state index in [0.29, 0.717) is 13.0 Å². The molecule has 1 atom stereocenters. The predicted octanol–water partition coefficient (Wildman–Crippen LogP) is 3.87. The molecule has 0 heterocycles. The smallest absolute Gasteiger partial charge is 0.407 e. The number of ether oxygens (including phenoxy) is 1. The lowest BCUT2D eigenvalue weighted by molar-refractivity contribution is -0.138. The average Bonchev–Trinajstić information content (AvgIpc) is 3.09. The Morgan fingerprint density at radius 1 is 1.03 bits per heavy atom. The first-order valence-corrected chi connectivity index (χ1v) is 10.9. The Hall–Kier alpha value is -3.35. The number of nitrogens with one attached hydrogen (secondary N) is 1. The molecule has 0 fully saturated rings. The highest BCUT2D eigenvalue weighted by Gasteiger charge is 2.31. The topological polar surface area (TPSA) is 95.9 Å². The zero-order chi connectivity index (χ0) is 23.3. The summed E-state index contributed by atoms with van der Waals surface area (Å²) >= 11 is 0. The van der Waals surface area contributed by atoms with Crippen LogP contribution in [0.5, 0.6) is 0 Å². The van der Waals surface area contributed by atoms with Gasteiger partial charge < -0.3 is 20.1 Å². The molecule has 0 bridgehead atoms. The van der Waals surface area contributed by atoms with Gasteiger partial charge in [0.1, 0.15) is 12.6 Å². The highest BCUT2D eigenvalue weighted by Crippen LogP contribution is 2.44. The molecular formula is C25H30N2O5. The van der Waals surface area contributed by atoms with Crippen LogP contribution < -0.4 is 5.32 Å². The number of fused-ring (bicyclic) bond motifs is 3. The summed E-state index contributed by atoms with van der Waals surface area (Å²) in [6.45, 7) is 4.17. The number of alkyl carbamates (subject to hydrolysis) is 1. The number of amides is 2. The lowest BCUT2D eigenvalue weighted by Gasteiger charge is -2.27. The summed E-state index contributed by atoms with van der Waals surface area (Å²) in [5.41, 5.74) is 4.54. The summed E-state index contributed by atoms with van der Waals surface area (Å²) in [5, 5.41) is 11.5. The van der Waals surface area contributed by atoms with Crippen molar-refractivity contribution in [3.05, 3.63) is 59.7 Å². The molecule has 2 N–H and O–H groups in total. The first kappa shape index (κ1) is 23.3. The van der Waals surface area contributed by atoms with Crippen molar-refractivity contribution in [2.45, 2.75) is 38.6 Å². The molecule has 0 unspecified atom stereocenters. The second-order valence-electron chi connectivity index (χ2n) is 8.45. The van der Waals surface area contributed by atoms with E-state index in [-0.39, 0.29) is 30.8 Å². The standard InChI is InChI=1S/C25H30N2O5/c1-16(2)23(24(30)27(3)14-8-13-22(28)29)26-25(31)32-15-21-19-11-6-4-9-17(19)18-10-5-7-12-20(18)21/h4-7,9-12,16,21,23H,8,13-15H2,1-3H3,(H,26,31)(H,28,29)/t23-/m0/s1. The van der Waals surface area contributed by atoms with Crippen LogP contribution in [0, 0.1) is 5.92 Å². The Bertz CT molecular complexity index is 942. The lowest BCUT2D eigenvalue weighted by Crippen LogP contribution is -2.50. The van der Waals surface area contributed by atoms with Gasteiger partial charge in [-0.05, 0) is 34.6 Å². The minimum Gasteiger partial charge on any atom is -0.481 e. The van der Waals surface area contributed by atoms with Crippen molar-refractivity contribution < 1.29 is 24.2 Å². The number of benzene rings is 2. The molecule has 7 nitrogen and oxygen atoms in total. The Kier molecular flexibility index (Phi) is 7.51. The van der Waals surface area contributed by atoms with Gasteiger partial charge in [-0.15, -0.1) is 0 Å². The Balaban J connectivity index is 1.62. The van der Waals surface area contributed by atoms with Gasteiger partial charge in [0.05, 0.1) is 0 Å². The number of nitrogens with zero attached hydrogens (tertiary/aromatic N) is 1. The van der Waals surface area contributed by atoms with E-state index >= 15 is 0 Å². The maximum atomic E-state index is 12.8. The minimum atomic E-state index is -0.900. The number of hydrogen-bond donors (Lipinski definition) is 2. The van der Waals surface area contributed by atoms with Crippen LogP contribution in [-0.2, 0) is 14.3 Å². The van der Waals surface area contributed by atoms with Crippen LogP contribution in [0.1, 0.15) is 43.7 Å². The fourth-order valence-electron chi connectivity index (χ4n) is 4.10. The maximum absolute atomic E-state index is 12.8. The van der Waals surface area contributed by atoms with Gasteiger partial charge in [-0.3, -0.25) is 9.59 Å². The lowest BCUT2D eigenvalue weighted by atomic mass is 9.98. The first-order valence-electron chi connectivity index (χ1n) is 10.9. The Morgan fingerprint density at radius 3 is 2.12 bits per heavy atom. The SMILES string of the molecule is CC(C)[C@H](NC(=O)OCC1c2ccccc2-c2ccccc21)C(=O)N(C)CCCC(=O)O. The van der Waals surface area contributed by atoms with Crippen LogP contribution in [0.15, 0.2) is 48.5 Å². The molecular weight excluding hydrogens is 408 g/mol. The Morgan fingerprint density at radius 2 is 1.59 bits per heavy atom. The number of carboxylic acid groups (broad SMARTS) is 1. The molecule has 32 heavy (non-hydrogen) atoms. The third-order valence-electron chi connectivity index (χ3n) is 5.81. The molecule has 0 aromatic heterocycles. The first-order chi connectivity index (χ1) is 15.3. The zero-order valence-corrected chi connectivity index (χ0v) is 18.7. The normalized spacial score (nSPS) is 13.2. The van der Waals surface area contributed by atoms with E-state index in [1.165, 1.54) is 4.90 Å². The van der Waals surface area contributed by atoms with E-state index < -0.39 is 18.1 Å². The van der Waals surface area contributed by atoms with E-state index in [1.807, 2.05) is 50.2 Å². The molecule has 1 aliphatic rings. The summed E-state index contributed by atoms with van der Waals surface area (Å²) in [5.74, 6) is -1.37. The maximum Gasteiger partial charge on any atom is 0.407 e. The molecule has 7 heteroatoms. The van der Waals surface area contributed by atoms with Gasteiger partial charge in [-0.25, -0.2) is 4.79 Å². The van der Waals surface area contributed by atoms with Gasteiger partial charge in [0.2, 0.25) is 5.91 Å². The van der Waals surface area contributed by atoms with Gasteiger partial charge >= 0.3 is 12.1 Å². The van der Waals surface area contributed by atoms with Gasteiger partial charge in [0, 0.05) is 25.9 Å². The summed E-state index contributed by atoms with van der Waals surface area (Å²) in [4.78, 5) is 37.5. The molecule has 1 aliphatic carbocycles. The summed E-state index contributed by atoms with van der Waals surface area (Å²) in [6, 6.07) is 15.4. The van der Waals surface area contributed by atoms with E-state index in [1.54, 1.807) is 7.05 Å². The van der Waals surface area contributed by atoms with Crippen molar-refractivity contribution in [2.24, 2.45) is 5.92 Å². The van der Waals surface area contributed by atoms with E-state index in [9.17, 15) is 14.4 Å². The fraction of sp³-hybridized carbons (Fsp3) is 0.400. The highest BCUT2D eigenvalue weighted by atomic mass is 16.5. The number of carboxylic acids is 1. The van der Waals surface area contributed by atoms with E-state index in [2.05, 4.69) is 17.4 Å². The van der Waals surface area contributed by atoms with Gasteiger partial charge in [-0.1, -0.05) is 62.4 Å². The van der Waals surface area contributed by atoms with Crippen LogP contribution in [0.4, 0.5) is 4.79 Å². The van der Waals surface area contributed by atoms with Crippen molar-refractivity contribution >= 4 is 18.0 Å². The molecule has 0 saturated carbocycles. The van der Waals surface area contributed by atoms with Crippen molar-refractivity contribution in [1.82, 2.24) is 10.2 Å². The largest absolute Gasteiger partial charge is 0.481 e. The second-order valence-corrected chi connectivity index (χ2v) is 8.45. The highest BCUT2D eigenvalue weighted by molar-refractivity contribution is 5.86. The van der Waals surface area contributed by atoms with Crippen molar-refractivity contribution in [2.75, 3.05) is 20.2 Å². The molecule has 2 aromatic carbocycles. The van der Waals surface area contributed by atoms with Crippen LogP contribution in [0.25, 0.3) is 11.1 Å². The van der Waals surface area contributed by atoms with Crippen LogP contribution in [0.3, 0.4) is 0 Å². The summed E-state index contributed by atoms with van der Waals surface area (Å²) < 4.78 is 5.56. The van der Waals surface area contributed by atoms with E-state index in [4.69, 9.17) is 9.84 Å². The number of likely N-dealkylation sites (N-methyl/N-ethyl adjacent to an activating group) is 1. The molecule has 170 valence electrons. The molecule has 2 aromatic rings.